The fraction of sp³-hybridized carbons (Fsp3) is 0.267. The Balaban J connectivity index is 1.22. The van der Waals surface area contributed by atoms with Crippen molar-refractivity contribution in [2.45, 2.75) is 52.9 Å². The Morgan fingerprint density at radius 3 is 2.27 bits per heavy atom. The van der Waals surface area contributed by atoms with Crippen LogP contribution in [0.1, 0.15) is 48.2 Å². The van der Waals surface area contributed by atoms with E-state index in [-0.39, 0.29) is 18.3 Å². The summed E-state index contributed by atoms with van der Waals surface area (Å²) >= 11 is 3.52. The topological polar surface area (TPSA) is 59.8 Å². The number of hydrogen-bond donors (Lipinski definition) is 0. The van der Waals surface area contributed by atoms with Crippen LogP contribution < -0.4 is 4.90 Å². The minimum absolute atomic E-state index is 0.201. The molecule has 5 nitrogen and oxygen atoms in total. The van der Waals surface area contributed by atoms with E-state index in [1.807, 2.05) is 84.6 Å². The number of hydrogen-bond acceptors (Lipinski definition) is 6. The lowest BCUT2D eigenvalue weighted by molar-refractivity contribution is -0.121. The van der Waals surface area contributed by atoms with Crippen LogP contribution in [0.15, 0.2) is 87.0 Å². The molecule has 4 aromatic rings. The van der Waals surface area contributed by atoms with E-state index in [0.717, 1.165) is 32.1 Å². The summed E-state index contributed by atoms with van der Waals surface area (Å²) in [6.45, 7) is -0.377. The summed E-state index contributed by atoms with van der Waals surface area (Å²) in [4.78, 5) is 30.3. The lowest BCUT2D eigenvalue weighted by Crippen LogP contribution is -2.32. The number of esters is 1. The summed E-state index contributed by atoms with van der Waals surface area (Å²) in [6, 6.07) is 23.2. The first-order valence-electron chi connectivity index (χ1n) is 12.7. The smallest absolute Gasteiger partial charge is 0.375 e. The van der Waals surface area contributed by atoms with E-state index in [1.54, 1.807) is 16.7 Å². The Labute approximate surface area is 224 Å². The maximum atomic E-state index is 13.5. The summed E-state index contributed by atoms with van der Waals surface area (Å²) in [5.74, 6) is -0.0173. The molecule has 1 fully saturated rings. The molecule has 0 unspecified atom stereocenters. The predicted molar refractivity (Wildman–Crippen MR) is 149 cm³/mol. The molecular formula is C30H27NO4S2. The predicted octanol–water partition coefficient (Wildman–Crippen LogP) is 7.99. The summed E-state index contributed by atoms with van der Waals surface area (Å²) in [7, 11) is 0. The van der Waals surface area contributed by atoms with Gasteiger partial charge in [0.2, 0.25) is 5.76 Å². The lowest BCUT2D eigenvalue weighted by atomic mass is 10.0. The second kappa shape index (κ2) is 10.7. The van der Waals surface area contributed by atoms with Gasteiger partial charge in [-0.05, 0) is 43.2 Å². The van der Waals surface area contributed by atoms with E-state index in [2.05, 4.69) is 0 Å². The van der Waals surface area contributed by atoms with E-state index in [4.69, 9.17) is 9.15 Å². The molecule has 2 heterocycles. The van der Waals surface area contributed by atoms with Crippen molar-refractivity contribution in [1.82, 2.24) is 0 Å². The summed E-state index contributed by atoms with van der Waals surface area (Å²) in [6.07, 6.45) is 6.27. The number of nitrogens with zero attached hydrogens (tertiary/aromatic N) is 1. The molecule has 1 aliphatic heterocycles. The molecule has 0 N–H and O–H groups in total. The minimum atomic E-state index is -0.600. The van der Waals surface area contributed by atoms with Crippen molar-refractivity contribution in [2.75, 3.05) is 11.5 Å². The van der Waals surface area contributed by atoms with Crippen molar-refractivity contribution >= 4 is 57.7 Å². The number of anilines is 2. The van der Waals surface area contributed by atoms with Crippen LogP contribution in [0.25, 0.3) is 11.0 Å². The third kappa shape index (κ3) is 4.90. The van der Waals surface area contributed by atoms with Crippen molar-refractivity contribution in [3.05, 3.63) is 84.1 Å². The van der Waals surface area contributed by atoms with Gasteiger partial charge < -0.3 is 9.15 Å². The first-order chi connectivity index (χ1) is 18.2. The van der Waals surface area contributed by atoms with Gasteiger partial charge in [-0.3, -0.25) is 9.69 Å². The van der Waals surface area contributed by atoms with Crippen molar-refractivity contribution in [3.8, 4) is 0 Å². The van der Waals surface area contributed by atoms with Gasteiger partial charge in [0.05, 0.1) is 11.4 Å². The minimum Gasteiger partial charge on any atom is -0.450 e. The number of rotatable bonds is 6. The largest absolute Gasteiger partial charge is 0.450 e. The highest BCUT2D eigenvalue weighted by molar-refractivity contribution is 7.99. The number of para-hydroxylation sites is 3. The second-order valence-corrected chi connectivity index (χ2v) is 11.7. The highest BCUT2D eigenvalue weighted by Gasteiger charge is 2.30. The first-order valence-corrected chi connectivity index (χ1v) is 14.5. The Hall–Kier alpha value is -3.16. The SMILES string of the molecule is O=C(OCC(=O)N1c2ccccc2Sc2ccccc21)c1oc2ccccc2c1CSC1CCCCC1. The van der Waals surface area contributed by atoms with Crippen LogP contribution in [0.5, 0.6) is 0 Å². The third-order valence-corrected chi connectivity index (χ3v) is 9.44. The normalized spacial score (nSPS) is 15.3. The highest BCUT2D eigenvalue weighted by atomic mass is 32.2. The zero-order valence-corrected chi connectivity index (χ0v) is 22.0. The van der Waals surface area contributed by atoms with Crippen molar-refractivity contribution < 1.29 is 18.7 Å². The number of ether oxygens (including phenoxy) is 1. The quantitative estimate of drug-likeness (QED) is 0.236. The van der Waals surface area contributed by atoms with Crippen LogP contribution in [0.2, 0.25) is 0 Å². The van der Waals surface area contributed by atoms with Crippen LogP contribution in [0.4, 0.5) is 11.4 Å². The van der Waals surface area contributed by atoms with Crippen LogP contribution in [-0.2, 0) is 15.3 Å². The van der Waals surface area contributed by atoms with Gasteiger partial charge in [-0.25, -0.2) is 4.79 Å². The molecule has 0 radical (unpaired) electrons. The molecule has 0 saturated heterocycles. The first kappa shape index (κ1) is 24.2. The molecule has 188 valence electrons. The van der Waals surface area contributed by atoms with Crippen LogP contribution in [0, 0.1) is 0 Å². The number of amides is 1. The molecule has 3 aromatic carbocycles. The van der Waals surface area contributed by atoms with Crippen LogP contribution >= 0.6 is 23.5 Å². The summed E-state index contributed by atoms with van der Waals surface area (Å²) < 4.78 is 11.6. The van der Waals surface area contributed by atoms with E-state index in [1.165, 1.54) is 32.1 Å². The fourth-order valence-electron chi connectivity index (χ4n) is 5.07. The van der Waals surface area contributed by atoms with Gasteiger partial charge in [0.15, 0.2) is 6.61 Å². The molecular weight excluding hydrogens is 502 g/mol. The number of thioether (sulfide) groups is 1. The van der Waals surface area contributed by atoms with Gasteiger partial charge in [0, 0.05) is 31.7 Å². The van der Waals surface area contributed by atoms with E-state index >= 15 is 0 Å². The van der Waals surface area contributed by atoms with E-state index in [9.17, 15) is 9.59 Å². The molecule has 6 rings (SSSR count). The third-order valence-electron chi connectivity index (χ3n) is 6.91. The lowest BCUT2D eigenvalue weighted by Gasteiger charge is -2.30. The van der Waals surface area contributed by atoms with Gasteiger partial charge in [0.1, 0.15) is 5.58 Å². The van der Waals surface area contributed by atoms with Crippen molar-refractivity contribution in [3.63, 3.8) is 0 Å². The van der Waals surface area contributed by atoms with E-state index < -0.39 is 5.97 Å². The Bertz CT molecular complexity index is 1410. The summed E-state index contributed by atoms with van der Waals surface area (Å²) in [5.41, 5.74) is 3.10. The van der Waals surface area contributed by atoms with Crippen molar-refractivity contribution in [1.29, 1.82) is 0 Å². The maximum absolute atomic E-state index is 13.5. The zero-order valence-electron chi connectivity index (χ0n) is 20.4. The summed E-state index contributed by atoms with van der Waals surface area (Å²) in [5, 5.41) is 1.53. The Kier molecular flexibility index (Phi) is 6.98. The molecule has 1 aromatic heterocycles. The average Bonchev–Trinajstić information content (AvgIpc) is 3.32. The highest BCUT2D eigenvalue weighted by Crippen LogP contribution is 2.48. The number of carbonyl (C=O) groups excluding carboxylic acids is 2. The van der Waals surface area contributed by atoms with Crippen LogP contribution in [-0.4, -0.2) is 23.7 Å². The molecule has 7 heteroatoms. The molecule has 0 spiro atoms. The van der Waals surface area contributed by atoms with Gasteiger partial charge in [-0.15, -0.1) is 0 Å². The monoisotopic (exact) mass is 529 g/mol. The Morgan fingerprint density at radius 2 is 1.54 bits per heavy atom. The standard InChI is InChI=1S/C30H27NO4S2/c32-28(31-23-13-5-8-16-26(23)37-27-17-9-6-14-24(27)31)18-34-30(33)29-22(19-36-20-10-2-1-3-11-20)21-12-4-7-15-25(21)35-29/h4-9,12-17,20H,1-3,10-11,18-19H2. The van der Waals surface area contributed by atoms with Gasteiger partial charge >= 0.3 is 5.97 Å². The second-order valence-electron chi connectivity index (χ2n) is 9.32. The molecule has 0 atom stereocenters. The number of fused-ring (bicyclic) bond motifs is 3. The Morgan fingerprint density at radius 1 is 0.892 bits per heavy atom. The zero-order chi connectivity index (χ0) is 25.2. The molecule has 0 bridgehead atoms. The van der Waals surface area contributed by atoms with E-state index in [0.29, 0.717) is 16.6 Å². The average molecular weight is 530 g/mol. The number of benzene rings is 3. The van der Waals surface area contributed by atoms with Gasteiger partial charge in [0.25, 0.3) is 5.91 Å². The molecule has 1 aliphatic carbocycles. The van der Waals surface area contributed by atoms with Gasteiger partial charge in [-0.2, -0.15) is 11.8 Å². The fourth-order valence-corrected chi connectivity index (χ4v) is 7.48. The van der Waals surface area contributed by atoms with Crippen LogP contribution in [0.3, 0.4) is 0 Å². The molecule has 1 amide bonds. The molecule has 1 saturated carbocycles. The van der Waals surface area contributed by atoms with Gasteiger partial charge in [-0.1, -0.05) is 73.5 Å². The molecule has 37 heavy (non-hydrogen) atoms. The maximum Gasteiger partial charge on any atom is 0.375 e. The number of furan rings is 1. The molecule has 2 aliphatic rings. The number of carbonyl (C=O) groups is 2. The van der Waals surface area contributed by atoms with Crippen molar-refractivity contribution in [2.24, 2.45) is 0 Å².